The summed E-state index contributed by atoms with van der Waals surface area (Å²) in [6.07, 6.45) is 3.73. The van der Waals surface area contributed by atoms with Crippen LogP contribution < -0.4 is 36.1 Å². The van der Waals surface area contributed by atoms with Crippen molar-refractivity contribution in [1.82, 2.24) is 40.7 Å². The predicted octanol–water partition coefficient (Wildman–Crippen LogP) is -0.476. The Labute approximate surface area is 350 Å². The number of sulfonamides is 1. The number of nitrogens with zero attached hydrogens (tertiary/aromatic N) is 3. The van der Waals surface area contributed by atoms with Gasteiger partial charge >= 0.3 is 0 Å². The van der Waals surface area contributed by atoms with Crippen molar-refractivity contribution in [2.24, 2.45) is 0 Å². The first-order chi connectivity index (χ1) is 26.8. The van der Waals surface area contributed by atoms with E-state index in [1.165, 1.54) is 16.3 Å². The number of ether oxygens (including phenoxy) is 2. The zero-order chi connectivity index (χ0) is 40.4. The van der Waals surface area contributed by atoms with Crippen LogP contribution in [-0.2, 0) is 29.2 Å². The largest absolute Gasteiger partial charge is 0.497 e. The minimum Gasteiger partial charge on any atom is -0.497 e. The summed E-state index contributed by atoms with van der Waals surface area (Å²) in [6, 6.07) is 10.4. The summed E-state index contributed by atoms with van der Waals surface area (Å²) in [5, 5.41) is 14.1. The Bertz CT molecular complexity index is 1870. The van der Waals surface area contributed by atoms with Gasteiger partial charge in [0.1, 0.15) is 35.7 Å². The van der Waals surface area contributed by atoms with Gasteiger partial charge < -0.3 is 45.9 Å². The molecule has 18 nitrogen and oxygen atoms in total. The molecule has 4 heterocycles. The van der Waals surface area contributed by atoms with Gasteiger partial charge in [-0.1, -0.05) is 0 Å². The lowest BCUT2D eigenvalue weighted by molar-refractivity contribution is -0.133. The lowest BCUT2D eigenvalue weighted by Crippen LogP contribution is -2.63. The van der Waals surface area contributed by atoms with E-state index in [1.54, 1.807) is 60.5 Å². The summed E-state index contributed by atoms with van der Waals surface area (Å²) < 4.78 is 35.4. The molecule has 4 saturated heterocycles. The molecule has 2 unspecified atom stereocenters. The molecule has 0 radical (unpaired) electrons. The normalized spacial score (nSPS) is 22.2. The van der Waals surface area contributed by atoms with Gasteiger partial charge in [-0.25, -0.2) is 8.42 Å². The molecule has 0 saturated carbocycles. The van der Waals surface area contributed by atoms with Gasteiger partial charge in [-0.05, 0) is 74.2 Å². The van der Waals surface area contributed by atoms with E-state index in [9.17, 15) is 37.2 Å². The van der Waals surface area contributed by atoms with Crippen molar-refractivity contribution in [3.63, 3.8) is 0 Å². The van der Waals surface area contributed by atoms with Crippen molar-refractivity contribution in [2.45, 2.75) is 49.9 Å². The minimum absolute atomic E-state index is 0. The molecule has 4 fully saturated rings. The van der Waals surface area contributed by atoms with Crippen LogP contribution >= 0.6 is 24.8 Å². The third kappa shape index (κ3) is 12.2. The number of methoxy groups -OCH3 is 2. The topological polar surface area (TPSA) is 225 Å². The molecular weight excluding hydrogens is 819 g/mol. The van der Waals surface area contributed by atoms with Crippen molar-refractivity contribution in [3.05, 3.63) is 59.7 Å². The van der Waals surface area contributed by atoms with E-state index in [4.69, 9.17) is 9.47 Å². The van der Waals surface area contributed by atoms with Crippen LogP contribution in [0.3, 0.4) is 0 Å². The van der Waals surface area contributed by atoms with Crippen molar-refractivity contribution < 1.29 is 46.7 Å². The summed E-state index contributed by atoms with van der Waals surface area (Å²) in [5.74, 6) is -0.639. The monoisotopic (exact) mass is 870 g/mol. The zero-order valence-electron chi connectivity index (χ0n) is 32.6. The predicted molar refractivity (Wildman–Crippen MR) is 218 cm³/mol. The van der Waals surface area contributed by atoms with E-state index >= 15 is 0 Å². The van der Waals surface area contributed by atoms with Crippen LogP contribution in [0.4, 0.5) is 0 Å². The Kier molecular flexibility index (Phi) is 18.0. The highest BCUT2D eigenvalue weighted by molar-refractivity contribution is 7.88. The van der Waals surface area contributed by atoms with Crippen LogP contribution in [0.1, 0.15) is 46.4 Å². The molecule has 2 aromatic rings. The fourth-order valence-corrected chi connectivity index (χ4v) is 7.69. The molecule has 6 rings (SSSR count). The highest BCUT2D eigenvalue weighted by atomic mass is 35.5. The molecule has 2 aromatic carbocycles. The minimum atomic E-state index is -3.54. The van der Waals surface area contributed by atoms with Gasteiger partial charge in [0.15, 0.2) is 0 Å². The SMILES string of the molecule is COc1ccc(C(=O)N2CCN(S(C)(=O)=O)CC2C(=O)N[C@H]2CCCNC2=O)cc1.COc1ccc(C(=O)N2CCNCC2C(=O)N[C@H]2CCCNC2=O)cc1.Cl.Cl. The molecule has 0 bridgehead atoms. The number of benzene rings is 2. The average molecular weight is 872 g/mol. The molecule has 6 amide bonds. The number of piperazine rings is 2. The Balaban J connectivity index is 0.000000303. The van der Waals surface area contributed by atoms with Crippen LogP contribution in [0.2, 0.25) is 0 Å². The van der Waals surface area contributed by atoms with Crippen LogP contribution in [0.25, 0.3) is 0 Å². The smallest absolute Gasteiger partial charge is 0.254 e. The second kappa shape index (κ2) is 21.9. The van der Waals surface area contributed by atoms with Crippen LogP contribution in [0.5, 0.6) is 11.5 Å². The van der Waals surface area contributed by atoms with Gasteiger partial charge in [-0.3, -0.25) is 28.8 Å². The summed E-state index contributed by atoms with van der Waals surface area (Å²) in [6.45, 7) is 2.59. The molecule has 0 aliphatic carbocycles. The van der Waals surface area contributed by atoms with Gasteiger partial charge in [-0.2, -0.15) is 4.31 Å². The van der Waals surface area contributed by atoms with Crippen molar-refractivity contribution in [2.75, 3.05) is 72.8 Å². The van der Waals surface area contributed by atoms with E-state index in [0.717, 1.165) is 19.1 Å². The molecule has 320 valence electrons. The van der Waals surface area contributed by atoms with Crippen LogP contribution in [-0.4, -0.2) is 155 Å². The molecule has 0 spiro atoms. The standard InChI is InChI=1S/C19H26N4O6S.C18H24N4O4.2ClH/c1-29-14-7-5-13(6-8-14)19(26)23-11-10-22(30(2,27)28)12-16(23)18(25)21-15-4-3-9-20-17(15)24;1-26-13-6-4-12(5-7-13)18(25)22-10-9-19-11-15(22)17(24)21-14-3-2-8-20-16(14)23;;/h5-8,15-16H,3-4,9-12H2,1-2H3,(H,20,24)(H,21,25);4-7,14-15,19H,2-3,8-11H2,1H3,(H,20,23)(H,21,24);2*1H/t15-,16?;14-,15?;;/m00../s1. The molecule has 4 aliphatic rings. The number of rotatable bonds is 9. The Morgan fingerprint density at radius 1 is 0.672 bits per heavy atom. The molecule has 4 aliphatic heterocycles. The second-order valence-electron chi connectivity index (χ2n) is 13.8. The Hall–Kier alpha value is -4.69. The van der Waals surface area contributed by atoms with Gasteiger partial charge in [0.05, 0.1) is 20.5 Å². The first-order valence-corrected chi connectivity index (χ1v) is 20.4. The Morgan fingerprint density at radius 2 is 1.12 bits per heavy atom. The van der Waals surface area contributed by atoms with E-state index in [2.05, 4.69) is 26.6 Å². The molecule has 4 atom stereocenters. The van der Waals surface area contributed by atoms with Gasteiger partial charge in [0.25, 0.3) is 11.8 Å². The van der Waals surface area contributed by atoms with Crippen molar-refractivity contribution in [3.8, 4) is 11.5 Å². The lowest BCUT2D eigenvalue weighted by atomic mass is 10.0. The summed E-state index contributed by atoms with van der Waals surface area (Å²) in [7, 11) is -0.458. The fraction of sp³-hybridized carbons (Fsp3) is 0.514. The first-order valence-electron chi connectivity index (χ1n) is 18.5. The Morgan fingerprint density at radius 3 is 1.55 bits per heavy atom. The highest BCUT2D eigenvalue weighted by Gasteiger charge is 2.40. The first kappa shape index (κ1) is 47.7. The van der Waals surface area contributed by atoms with Crippen molar-refractivity contribution >= 4 is 70.3 Å². The maximum atomic E-state index is 13.1. The third-order valence-corrected chi connectivity index (χ3v) is 11.3. The molecule has 21 heteroatoms. The number of hydrogen-bond acceptors (Lipinski definition) is 11. The van der Waals surface area contributed by atoms with E-state index in [0.29, 0.717) is 68.2 Å². The number of halogens is 2. The summed E-state index contributed by atoms with van der Waals surface area (Å²) in [4.78, 5) is 78.5. The van der Waals surface area contributed by atoms with Crippen LogP contribution in [0.15, 0.2) is 48.5 Å². The van der Waals surface area contributed by atoms with Crippen molar-refractivity contribution in [1.29, 1.82) is 0 Å². The number of hydrogen-bond donors (Lipinski definition) is 5. The van der Waals surface area contributed by atoms with E-state index < -0.39 is 40.1 Å². The summed E-state index contributed by atoms with van der Waals surface area (Å²) >= 11 is 0. The fourth-order valence-electron chi connectivity index (χ4n) is 6.86. The maximum Gasteiger partial charge on any atom is 0.254 e. The number of carbonyl (C=O) groups is 6. The average Bonchev–Trinajstić information content (AvgIpc) is 3.21. The zero-order valence-corrected chi connectivity index (χ0v) is 35.0. The summed E-state index contributed by atoms with van der Waals surface area (Å²) in [5.41, 5.74) is 0.859. The van der Waals surface area contributed by atoms with Crippen LogP contribution in [0, 0.1) is 0 Å². The quantitative estimate of drug-likeness (QED) is 0.217. The maximum absolute atomic E-state index is 13.1. The van der Waals surface area contributed by atoms with Gasteiger partial charge in [0.2, 0.25) is 33.7 Å². The second-order valence-corrected chi connectivity index (χ2v) is 15.8. The lowest BCUT2D eigenvalue weighted by Gasteiger charge is -2.40. The van der Waals surface area contributed by atoms with Gasteiger partial charge in [0, 0.05) is 63.5 Å². The molecule has 5 N–H and O–H groups in total. The number of amides is 6. The molecule has 58 heavy (non-hydrogen) atoms. The third-order valence-electron chi connectivity index (χ3n) is 10.1. The molecule has 0 aromatic heterocycles. The number of piperidine rings is 2. The highest BCUT2D eigenvalue weighted by Crippen LogP contribution is 2.20. The molecular formula is C37H52Cl2N8O10S. The van der Waals surface area contributed by atoms with Gasteiger partial charge in [-0.15, -0.1) is 24.8 Å². The number of carbonyl (C=O) groups excluding carboxylic acids is 6. The van der Waals surface area contributed by atoms with E-state index in [-0.39, 0.29) is 74.0 Å². The van der Waals surface area contributed by atoms with E-state index in [1.807, 2.05) is 0 Å². The number of nitrogens with one attached hydrogen (secondary N) is 5.